The topological polar surface area (TPSA) is 26.3 Å². The molecule has 0 aromatic heterocycles. The number of carbonyl (C=O) groups excluding carboxylic acids is 1. The molecule has 29 heavy (non-hydrogen) atoms. The summed E-state index contributed by atoms with van der Waals surface area (Å²) in [4.78, 5) is 12.4. The Kier molecular flexibility index (Phi) is 8.34. The molecule has 0 heterocycles. The van der Waals surface area contributed by atoms with Crippen LogP contribution >= 0.6 is 0 Å². The van der Waals surface area contributed by atoms with Gasteiger partial charge in [-0.15, -0.1) is 0 Å². The molecule has 2 nitrogen and oxygen atoms in total. The summed E-state index contributed by atoms with van der Waals surface area (Å²) in [5.41, 5.74) is 3.84. The first kappa shape index (κ1) is 21.6. The molecule has 156 valence electrons. The van der Waals surface area contributed by atoms with E-state index in [4.69, 9.17) is 4.74 Å². The van der Waals surface area contributed by atoms with Gasteiger partial charge in [0.15, 0.2) is 0 Å². The highest BCUT2D eigenvalue weighted by molar-refractivity contribution is 5.97. The molecule has 0 bridgehead atoms. The number of rotatable bonds is 12. The van der Waals surface area contributed by atoms with Crippen LogP contribution < -0.4 is 0 Å². The molecule has 2 aromatic carbocycles. The normalized spacial score (nSPS) is 15.0. The van der Waals surface area contributed by atoms with Gasteiger partial charge in [-0.2, -0.15) is 0 Å². The highest BCUT2D eigenvalue weighted by Gasteiger charge is 2.22. The van der Waals surface area contributed by atoms with Crippen molar-refractivity contribution < 1.29 is 9.53 Å². The Morgan fingerprint density at radius 2 is 1.66 bits per heavy atom. The van der Waals surface area contributed by atoms with E-state index >= 15 is 0 Å². The van der Waals surface area contributed by atoms with E-state index in [1.807, 2.05) is 0 Å². The second kappa shape index (κ2) is 11.2. The van der Waals surface area contributed by atoms with Crippen molar-refractivity contribution in [3.8, 4) is 0 Å². The predicted octanol–water partition coefficient (Wildman–Crippen LogP) is 7.93. The lowest BCUT2D eigenvalue weighted by molar-refractivity contribution is -0.147. The fourth-order valence-corrected chi connectivity index (χ4v) is 4.31. The molecule has 3 rings (SSSR count). The Morgan fingerprint density at radius 3 is 2.45 bits per heavy atom. The summed E-state index contributed by atoms with van der Waals surface area (Å²) in [5, 5.41) is 2.49. The fraction of sp³-hybridized carbons (Fsp3) is 0.519. The van der Waals surface area contributed by atoms with Gasteiger partial charge in [0, 0.05) is 12.0 Å². The van der Waals surface area contributed by atoms with E-state index in [0.29, 0.717) is 6.42 Å². The van der Waals surface area contributed by atoms with Crippen molar-refractivity contribution in [3.63, 3.8) is 0 Å². The van der Waals surface area contributed by atoms with Crippen LogP contribution in [0.2, 0.25) is 0 Å². The van der Waals surface area contributed by atoms with Crippen molar-refractivity contribution >= 4 is 22.8 Å². The second-order valence-corrected chi connectivity index (χ2v) is 8.33. The molecule has 0 fully saturated rings. The summed E-state index contributed by atoms with van der Waals surface area (Å²) in [7, 11) is 0. The molecule has 1 atom stereocenters. The summed E-state index contributed by atoms with van der Waals surface area (Å²) in [6.45, 7) is 4.47. The van der Waals surface area contributed by atoms with Crippen molar-refractivity contribution in [1.29, 1.82) is 0 Å². The van der Waals surface area contributed by atoms with Crippen LogP contribution in [0.25, 0.3) is 16.8 Å². The van der Waals surface area contributed by atoms with Gasteiger partial charge < -0.3 is 4.74 Å². The lowest BCUT2D eigenvalue weighted by Gasteiger charge is -2.23. The lowest BCUT2D eigenvalue weighted by Crippen LogP contribution is -2.12. The monoisotopic (exact) mass is 392 g/mol. The van der Waals surface area contributed by atoms with Crippen LogP contribution in [0.5, 0.6) is 0 Å². The Hall–Kier alpha value is -2.09. The maximum atomic E-state index is 12.4. The molecule has 1 unspecified atom stereocenters. The second-order valence-electron chi connectivity index (χ2n) is 8.33. The first-order valence-corrected chi connectivity index (χ1v) is 11.7. The fourth-order valence-electron chi connectivity index (χ4n) is 4.31. The van der Waals surface area contributed by atoms with Crippen LogP contribution in [0.4, 0.5) is 0 Å². The van der Waals surface area contributed by atoms with Gasteiger partial charge in [-0.3, -0.25) is 4.79 Å². The Labute approximate surface area is 176 Å². The van der Waals surface area contributed by atoms with Gasteiger partial charge in [0.1, 0.15) is 6.10 Å². The van der Waals surface area contributed by atoms with Crippen molar-refractivity contribution in [3.05, 3.63) is 53.1 Å². The van der Waals surface area contributed by atoms with Gasteiger partial charge in [0.2, 0.25) is 0 Å². The van der Waals surface area contributed by atoms with Crippen LogP contribution in [-0.4, -0.2) is 5.97 Å². The van der Waals surface area contributed by atoms with E-state index in [2.05, 4.69) is 56.3 Å². The van der Waals surface area contributed by atoms with E-state index in [9.17, 15) is 4.79 Å². The van der Waals surface area contributed by atoms with Gasteiger partial charge in [-0.1, -0.05) is 95.2 Å². The quantitative estimate of drug-likeness (QED) is 0.271. The molecule has 0 saturated carbocycles. The minimum absolute atomic E-state index is 0.0733. The van der Waals surface area contributed by atoms with Crippen molar-refractivity contribution in [2.24, 2.45) is 0 Å². The van der Waals surface area contributed by atoms with Crippen molar-refractivity contribution in [2.45, 2.75) is 90.6 Å². The first-order valence-electron chi connectivity index (χ1n) is 11.7. The summed E-state index contributed by atoms with van der Waals surface area (Å²) in [6, 6.07) is 10.8. The molecule has 2 heteroatoms. The molecule has 1 aliphatic carbocycles. The van der Waals surface area contributed by atoms with Crippen LogP contribution in [0, 0.1) is 0 Å². The van der Waals surface area contributed by atoms with E-state index < -0.39 is 0 Å². The number of benzene rings is 2. The van der Waals surface area contributed by atoms with Crippen LogP contribution in [0.3, 0.4) is 0 Å². The van der Waals surface area contributed by atoms with Crippen molar-refractivity contribution in [2.75, 3.05) is 0 Å². The molecule has 0 aliphatic heterocycles. The molecule has 0 spiro atoms. The molecular weight excluding hydrogens is 356 g/mol. The molecular formula is C27H36O2. The predicted molar refractivity (Wildman–Crippen MR) is 123 cm³/mol. The third-order valence-electron chi connectivity index (χ3n) is 6.00. The summed E-state index contributed by atoms with van der Waals surface area (Å²) in [5.74, 6) is -0.0733. The highest BCUT2D eigenvalue weighted by atomic mass is 16.5. The number of aryl methyl sites for hydroxylation is 1. The molecule has 2 aromatic rings. The van der Waals surface area contributed by atoms with Gasteiger partial charge >= 0.3 is 5.97 Å². The Bertz CT molecular complexity index is 834. The third-order valence-corrected chi connectivity index (χ3v) is 6.00. The standard InChI is InChI=1S/C27H36O2/c1-3-5-7-8-9-10-11-16-26(28)29-25-20-19-23-21(13-6-4-2)17-18-22-14-12-15-24(25)27(22)23/h12,14-15,17-20,25H,3-11,13,16H2,1-2H3. The number of hydrogen-bond acceptors (Lipinski definition) is 2. The molecule has 0 radical (unpaired) electrons. The number of carbonyl (C=O) groups is 1. The highest BCUT2D eigenvalue weighted by Crippen LogP contribution is 2.37. The number of hydrogen-bond donors (Lipinski definition) is 0. The van der Waals surface area contributed by atoms with E-state index in [0.717, 1.165) is 24.8 Å². The average molecular weight is 393 g/mol. The zero-order valence-electron chi connectivity index (χ0n) is 18.2. The maximum absolute atomic E-state index is 12.4. The number of esters is 1. The smallest absolute Gasteiger partial charge is 0.306 e. The zero-order valence-corrected chi connectivity index (χ0v) is 18.2. The van der Waals surface area contributed by atoms with Crippen LogP contribution in [-0.2, 0) is 16.0 Å². The van der Waals surface area contributed by atoms with E-state index in [1.165, 1.54) is 66.8 Å². The van der Waals surface area contributed by atoms with Gasteiger partial charge in [-0.25, -0.2) is 0 Å². The summed E-state index contributed by atoms with van der Waals surface area (Å²) in [6.07, 6.45) is 16.5. The van der Waals surface area contributed by atoms with E-state index in [1.54, 1.807) is 0 Å². The van der Waals surface area contributed by atoms with Gasteiger partial charge in [0.05, 0.1) is 0 Å². The summed E-state index contributed by atoms with van der Waals surface area (Å²) >= 11 is 0. The molecule has 0 amide bonds. The van der Waals surface area contributed by atoms with Crippen molar-refractivity contribution in [1.82, 2.24) is 0 Å². The Balaban J connectivity index is 1.61. The SMILES string of the molecule is CCCCCCCCCC(=O)OC1C=Cc2c(CCCC)ccc3cccc1c23. The minimum Gasteiger partial charge on any atom is -0.453 e. The molecule has 0 N–H and O–H groups in total. The van der Waals surface area contributed by atoms with Crippen LogP contribution in [0.15, 0.2) is 36.4 Å². The van der Waals surface area contributed by atoms with Crippen LogP contribution in [0.1, 0.15) is 101 Å². The lowest BCUT2D eigenvalue weighted by atomic mass is 9.87. The first-order chi connectivity index (χ1) is 14.2. The zero-order chi connectivity index (χ0) is 20.5. The average Bonchev–Trinajstić information content (AvgIpc) is 2.74. The largest absolute Gasteiger partial charge is 0.453 e. The summed E-state index contributed by atoms with van der Waals surface area (Å²) < 4.78 is 5.88. The maximum Gasteiger partial charge on any atom is 0.306 e. The number of ether oxygens (including phenoxy) is 1. The third kappa shape index (κ3) is 5.72. The molecule has 1 aliphatic rings. The van der Waals surface area contributed by atoms with Gasteiger partial charge in [-0.05, 0) is 47.2 Å². The van der Waals surface area contributed by atoms with E-state index in [-0.39, 0.29) is 12.1 Å². The number of unbranched alkanes of at least 4 members (excludes halogenated alkanes) is 7. The van der Waals surface area contributed by atoms with Gasteiger partial charge in [0.25, 0.3) is 0 Å². The Morgan fingerprint density at radius 1 is 0.897 bits per heavy atom. The molecule has 0 saturated heterocycles. The minimum atomic E-state index is -0.260.